The fraction of sp³-hybridized carbons (Fsp3) is 0.381. The third-order valence-corrected chi connectivity index (χ3v) is 5.20. The average Bonchev–Trinajstić information content (AvgIpc) is 2.75. The number of aryl methyl sites for hydroxylation is 1. The molecule has 2 aromatic rings. The number of ether oxygens (including phenoxy) is 1. The highest BCUT2D eigenvalue weighted by Gasteiger charge is 2.40. The van der Waals surface area contributed by atoms with Gasteiger partial charge in [-0.1, -0.05) is 42.0 Å². The Morgan fingerprint density at radius 3 is 2.80 bits per heavy atom. The first-order chi connectivity index (χ1) is 12.1. The third kappa shape index (κ3) is 3.40. The number of carbonyl (C=O) groups excluding carboxylic acids is 1. The number of amides is 1. The molecule has 1 amide bonds. The van der Waals surface area contributed by atoms with Crippen molar-refractivity contribution in [2.24, 2.45) is 0 Å². The maximum absolute atomic E-state index is 12.7. The largest absolute Gasteiger partial charge is 0.490 e. The molecule has 0 radical (unpaired) electrons. The lowest BCUT2D eigenvalue weighted by Gasteiger charge is -2.42. The summed E-state index contributed by atoms with van der Waals surface area (Å²) < 4.78 is 6.02. The number of likely N-dealkylation sites (tertiary alicyclic amines) is 1. The summed E-state index contributed by atoms with van der Waals surface area (Å²) in [5.41, 5.74) is 2.92. The Hall–Kier alpha value is -2.33. The molecule has 1 spiro atoms. The normalized spacial score (nSPS) is 23.5. The van der Waals surface area contributed by atoms with Crippen molar-refractivity contribution in [2.45, 2.75) is 31.8 Å². The molecule has 0 bridgehead atoms. The van der Waals surface area contributed by atoms with E-state index in [0.717, 1.165) is 32.5 Å². The van der Waals surface area contributed by atoms with Gasteiger partial charge in [0, 0.05) is 13.1 Å². The van der Waals surface area contributed by atoms with Gasteiger partial charge >= 0.3 is 0 Å². The zero-order valence-electron chi connectivity index (χ0n) is 14.6. The first kappa shape index (κ1) is 16.2. The maximum atomic E-state index is 12.7. The molecular formula is C21H24N2O2. The molecule has 1 fully saturated rings. The number of hydrogen-bond donors (Lipinski definition) is 1. The van der Waals surface area contributed by atoms with Gasteiger partial charge in [-0.05, 0) is 44.0 Å². The van der Waals surface area contributed by atoms with E-state index in [1.807, 2.05) is 24.3 Å². The van der Waals surface area contributed by atoms with Crippen LogP contribution >= 0.6 is 0 Å². The van der Waals surface area contributed by atoms with Crippen LogP contribution < -0.4 is 10.1 Å². The van der Waals surface area contributed by atoms with Gasteiger partial charge in [0.05, 0.1) is 11.1 Å². The van der Waals surface area contributed by atoms with Crippen LogP contribution in [0.3, 0.4) is 0 Å². The third-order valence-electron chi connectivity index (χ3n) is 5.20. The van der Waals surface area contributed by atoms with E-state index >= 15 is 0 Å². The summed E-state index contributed by atoms with van der Waals surface area (Å²) in [6, 6.07) is 16.2. The molecule has 2 aliphatic rings. The highest BCUT2D eigenvalue weighted by atomic mass is 16.5. The number of piperidine rings is 1. The number of benzene rings is 2. The van der Waals surface area contributed by atoms with Crippen molar-refractivity contribution >= 4 is 5.91 Å². The molecule has 2 aliphatic heterocycles. The second-order valence-electron chi connectivity index (χ2n) is 7.32. The molecule has 130 valence electrons. The van der Waals surface area contributed by atoms with E-state index in [1.165, 1.54) is 11.1 Å². The summed E-state index contributed by atoms with van der Waals surface area (Å²) in [5, 5.41) is 3.27. The van der Waals surface area contributed by atoms with Gasteiger partial charge in [-0.2, -0.15) is 0 Å². The van der Waals surface area contributed by atoms with E-state index in [2.05, 4.69) is 41.4 Å². The van der Waals surface area contributed by atoms with Crippen molar-refractivity contribution in [3.05, 3.63) is 65.2 Å². The summed E-state index contributed by atoms with van der Waals surface area (Å²) in [6.45, 7) is 5.42. The number of rotatable bonds is 2. The molecule has 0 aliphatic carbocycles. The molecular weight excluding hydrogens is 312 g/mol. The molecule has 1 N–H and O–H groups in total. The highest BCUT2D eigenvalue weighted by Crippen LogP contribution is 2.29. The number of nitrogens with one attached hydrogen (secondary N) is 1. The maximum Gasteiger partial charge on any atom is 0.255 e. The van der Waals surface area contributed by atoms with Crippen molar-refractivity contribution in [1.82, 2.24) is 10.2 Å². The smallest absolute Gasteiger partial charge is 0.255 e. The van der Waals surface area contributed by atoms with Gasteiger partial charge in [0.2, 0.25) is 0 Å². The lowest BCUT2D eigenvalue weighted by Crippen LogP contribution is -2.60. The number of para-hydroxylation sites is 1. The summed E-state index contributed by atoms with van der Waals surface area (Å²) in [4.78, 5) is 15.1. The Balaban J connectivity index is 1.50. The minimum absolute atomic E-state index is 0.0229. The first-order valence-electron chi connectivity index (χ1n) is 8.96. The van der Waals surface area contributed by atoms with Gasteiger partial charge in [-0.3, -0.25) is 9.69 Å². The van der Waals surface area contributed by atoms with Crippen LogP contribution in [0.4, 0.5) is 0 Å². The molecule has 1 saturated heterocycles. The second kappa shape index (κ2) is 6.52. The molecule has 25 heavy (non-hydrogen) atoms. The Morgan fingerprint density at radius 1 is 1.16 bits per heavy atom. The van der Waals surface area contributed by atoms with Gasteiger partial charge in [0.1, 0.15) is 12.4 Å². The fourth-order valence-electron chi connectivity index (χ4n) is 3.87. The van der Waals surface area contributed by atoms with Crippen LogP contribution in [0.25, 0.3) is 0 Å². The predicted molar refractivity (Wildman–Crippen MR) is 97.8 cm³/mol. The van der Waals surface area contributed by atoms with E-state index in [9.17, 15) is 4.79 Å². The molecule has 2 aromatic carbocycles. The van der Waals surface area contributed by atoms with E-state index in [4.69, 9.17) is 4.74 Å². The minimum Gasteiger partial charge on any atom is -0.490 e. The van der Waals surface area contributed by atoms with Crippen LogP contribution in [0.1, 0.15) is 34.3 Å². The molecule has 2 heterocycles. The lowest BCUT2D eigenvalue weighted by atomic mass is 9.89. The SMILES string of the molecule is Cc1ccc(CN2CCCC3(COc4ccccc4C(=O)N3)C2)cc1. The molecule has 1 atom stereocenters. The molecule has 4 nitrogen and oxygen atoms in total. The number of fused-ring (bicyclic) bond motifs is 1. The molecule has 4 rings (SSSR count). The molecule has 4 heteroatoms. The quantitative estimate of drug-likeness (QED) is 0.916. The van der Waals surface area contributed by atoms with Gasteiger partial charge < -0.3 is 10.1 Å². The standard InChI is InChI=1S/C21H24N2O2/c1-16-7-9-17(10-8-16)13-23-12-4-11-21(14-23)15-25-19-6-3-2-5-18(19)20(24)22-21/h2-3,5-10H,4,11-15H2,1H3,(H,22,24). The Morgan fingerprint density at radius 2 is 1.96 bits per heavy atom. The Kier molecular flexibility index (Phi) is 4.22. The van der Waals surface area contributed by atoms with Crippen LogP contribution in [-0.2, 0) is 6.54 Å². The Bertz CT molecular complexity index is 772. The van der Waals surface area contributed by atoms with Crippen molar-refractivity contribution < 1.29 is 9.53 Å². The first-order valence-corrected chi connectivity index (χ1v) is 8.96. The molecule has 0 aromatic heterocycles. The van der Waals surface area contributed by atoms with Crippen LogP contribution in [0, 0.1) is 6.92 Å². The van der Waals surface area contributed by atoms with Gasteiger partial charge in [-0.15, -0.1) is 0 Å². The minimum atomic E-state index is -0.306. The Labute approximate surface area is 148 Å². The molecule has 0 saturated carbocycles. The number of carbonyl (C=O) groups is 1. The lowest BCUT2D eigenvalue weighted by molar-refractivity contribution is 0.0643. The van der Waals surface area contributed by atoms with Crippen LogP contribution in [-0.4, -0.2) is 36.0 Å². The van der Waals surface area contributed by atoms with Gasteiger partial charge in [0.15, 0.2) is 0 Å². The topological polar surface area (TPSA) is 41.6 Å². The van der Waals surface area contributed by atoms with E-state index in [-0.39, 0.29) is 11.4 Å². The van der Waals surface area contributed by atoms with E-state index < -0.39 is 0 Å². The second-order valence-corrected chi connectivity index (χ2v) is 7.32. The van der Waals surface area contributed by atoms with Gasteiger partial charge in [0.25, 0.3) is 5.91 Å². The van der Waals surface area contributed by atoms with Crippen molar-refractivity contribution in [3.63, 3.8) is 0 Å². The fourth-order valence-corrected chi connectivity index (χ4v) is 3.87. The average molecular weight is 336 g/mol. The van der Waals surface area contributed by atoms with Crippen LogP contribution in [0.15, 0.2) is 48.5 Å². The highest BCUT2D eigenvalue weighted by molar-refractivity contribution is 5.97. The zero-order valence-corrected chi connectivity index (χ0v) is 14.6. The number of nitrogens with zero attached hydrogens (tertiary/aromatic N) is 1. The monoisotopic (exact) mass is 336 g/mol. The van der Waals surface area contributed by atoms with E-state index in [1.54, 1.807) is 0 Å². The summed E-state index contributed by atoms with van der Waals surface area (Å²) in [5.74, 6) is 0.665. The van der Waals surface area contributed by atoms with Crippen molar-refractivity contribution in [3.8, 4) is 5.75 Å². The van der Waals surface area contributed by atoms with Crippen LogP contribution in [0.5, 0.6) is 5.75 Å². The summed E-state index contributed by atoms with van der Waals surface area (Å²) in [6.07, 6.45) is 2.02. The van der Waals surface area contributed by atoms with Crippen molar-refractivity contribution in [2.75, 3.05) is 19.7 Å². The van der Waals surface area contributed by atoms with Gasteiger partial charge in [-0.25, -0.2) is 0 Å². The predicted octanol–water partition coefficient (Wildman–Crippen LogP) is 3.15. The summed E-state index contributed by atoms with van der Waals surface area (Å²) in [7, 11) is 0. The zero-order chi connectivity index (χ0) is 17.3. The summed E-state index contributed by atoms with van der Waals surface area (Å²) >= 11 is 0. The van der Waals surface area contributed by atoms with Crippen molar-refractivity contribution in [1.29, 1.82) is 0 Å². The van der Waals surface area contributed by atoms with Crippen LogP contribution in [0.2, 0.25) is 0 Å². The molecule has 1 unspecified atom stereocenters. The number of hydrogen-bond acceptors (Lipinski definition) is 3. The van der Waals surface area contributed by atoms with E-state index in [0.29, 0.717) is 17.9 Å².